The van der Waals surface area contributed by atoms with E-state index in [1.165, 1.54) is 24.3 Å². The molecule has 0 fully saturated rings. The van der Waals surface area contributed by atoms with Gasteiger partial charge in [-0.2, -0.15) is 0 Å². The highest BCUT2D eigenvalue weighted by Crippen LogP contribution is 2.28. The van der Waals surface area contributed by atoms with Gasteiger partial charge in [0, 0.05) is 50.8 Å². The molecule has 0 bridgehead atoms. The number of carbonyl (C=O) groups excluding carboxylic acids is 1. The second-order valence-electron chi connectivity index (χ2n) is 8.05. The lowest BCUT2D eigenvalue weighted by molar-refractivity contribution is 0.0591. The third kappa shape index (κ3) is 4.07. The molecule has 0 saturated carbocycles. The number of pyridine rings is 1. The molecule has 1 aromatic carbocycles. The Balaban J connectivity index is 1.60. The molecule has 2 aromatic rings. The maximum absolute atomic E-state index is 12.8. The number of ether oxygens (including phenoxy) is 3. The summed E-state index contributed by atoms with van der Waals surface area (Å²) in [4.78, 5) is 27.6. The molecule has 4 rings (SSSR count). The number of fused-ring (bicyclic) bond motifs is 2. The standard InChI is InChI=1S/C23H28N2O5/c1-15(2)30-20-13-21(26)25-10-9-24(8-6-18(25)22(20)23(27)28-3)14-16-4-5-19-17(12-16)7-11-29-19/h4-5,12-13,15H,6-11,14H2,1-3H3. The highest BCUT2D eigenvalue weighted by atomic mass is 16.5. The van der Waals surface area contributed by atoms with Crippen LogP contribution in [-0.4, -0.2) is 48.3 Å². The highest BCUT2D eigenvalue weighted by molar-refractivity contribution is 5.93. The van der Waals surface area contributed by atoms with E-state index in [0.717, 1.165) is 38.4 Å². The molecule has 1 aromatic heterocycles. The molecule has 0 radical (unpaired) electrons. The SMILES string of the molecule is COC(=O)c1c(OC(C)C)cc(=O)n2c1CCN(Cc1ccc3c(c1)CCO3)CC2. The quantitative estimate of drug-likeness (QED) is 0.703. The van der Waals surface area contributed by atoms with Crippen molar-refractivity contribution >= 4 is 5.97 Å². The Kier molecular flexibility index (Phi) is 5.81. The molecular weight excluding hydrogens is 384 g/mol. The Morgan fingerprint density at radius 1 is 1.17 bits per heavy atom. The first kappa shape index (κ1) is 20.5. The van der Waals surface area contributed by atoms with Crippen LogP contribution in [0.4, 0.5) is 0 Å². The number of hydrogen-bond donors (Lipinski definition) is 0. The molecule has 0 N–H and O–H groups in total. The van der Waals surface area contributed by atoms with Crippen molar-refractivity contribution in [1.82, 2.24) is 9.47 Å². The van der Waals surface area contributed by atoms with Gasteiger partial charge in [0.15, 0.2) is 0 Å². The maximum Gasteiger partial charge on any atom is 0.343 e. The van der Waals surface area contributed by atoms with E-state index in [0.29, 0.717) is 30.0 Å². The first-order valence-electron chi connectivity index (χ1n) is 10.4. The van der Waals surface area contributed by atoms with Crippen molar-refractivity contribution in [1.29, 1.82) is 0 Å². The summed E-state index contributed by atoms with van der Waals surface area (Å²) in [6, 6.07) is 7.76. The van der Waals surface area contributed by atoms with Crippen molar-refractivity contribution in [3.8, 4) is 11.5 Å². The molecule has 0 amide bonds. The highest BCUT2D eigenvalue weighted by Gasteiger charge is 2.26. The van der Waals surface area contributed by atoms with Crippen LogP contribution in [-0.2, 0) is 30.7 Å². The van der Waals surface area contributed by atoms with Crippen LogP contribution in [0.25, 0.3) is 0 Å². The Bertz CT molecular complexity index is 1010. The minimum Gasteiger partial charge on any atom is -0.493 e. The predicted octanol–water partition coefficient (Wildman–Crippen LogP) is 2.42. The van der Waals surface area contributed by atoms with Gasteiger partial charge in [-0.25, -0.2) is 4.79 Å². The fourth-order valence-corrected chi connectivity index (χ4v) is 4.22. The lowest BCUT2D eigenvalue weighted by Gasteiger charge is -2.19. The van der Waals surface area contributed by atoms with Crippen LogP contribution in [0.5, 0.6) is 11.5 Å². The van der Waals surface area contributed by atoms with Crippen molar-refractivity contribution < 1.29 is 19.0 Å². The number of esters is 1. The third-order valence-corrected chi connectivity index (χ3v) is 5.60. The summed E-state index contributed by atoms with van der Waals surface area (Å²) in [5, 5.41) is 0. The zero-order valence-corrected chi connectivity index (χ0v) is 17.8. The van der Waals surface area contributed by atoms with E-state index in [1.807, 2.05) is 19.9 Å². The van der Waals surface area contributed by atoms with E-state index in [-0.39, 0.29) is 11.7 Å². The third-order valence-electron chi connectivity index (χ3n) is 5.60. The van der Waals surface area contributed by atoms with E-state index in [1.54, 1.807) is 4.57 Å². The summed E-state index contributed by atoms with van der Waals surface area (Å²) >= 11 is 0. The van der Waals surface area contributed by atoms with Crippen LogP contribution in [0.15, 0.2) is 29.1 Å². The molecule has 2 aliphatic heterocycles. The smallest absolute Gasteiger partial charge is 0.343 e. The molecular formula is C23H28N2O5. The fourth-order valence-electron chi connectivity index (χ4n) is 4.22. The lowest BCUT2D eigenvalue weighted by atomic mass is 10.1. The molecule has 3 heterocycles. The fraction of sp³-hybridized carbons (Fsp3) is 0.478. The second-order valence-corrected chi connectivity index (χ2v) is 8.05. The summed E-state index contributed by atoms with van der Waals surface area (Å²) < 4.78 is 18.1. The van der Waals surface area contributed by atoms with E-state index >= 15 is 0 Å². The predicted molar refractivity (Wildman–Crippen MR) is 112 cm³/mol. The molecule has 7 heteroatoms. The molecule has 0 spiro atoms. The van der Waals surface area contributed by atoms with Gasteiger partial charge in [-0.1, -0.05) is 12.1 Å². The van der Waals surface area contributed by atoms with Gasteiger partial charge in [0.2, 0.25) is 0 Å². The second kappa shape index (κ2) is 8.52. The summed E-state index contributed by atoms with van der Waals surface area (Å²) in [5.41, 5.74) is 3.39. The Labute approximate surface area is 176 Å². The van der Waals surface area contributed by atoms with Gasteiger partial charge in [0.25, 0.3) is 5.56 Å². The summed E-state index contributed by atoms with van der Waals surface area (Å²) in [6.07, 6.45) is 1.37. The number of rotatable bonds is 5. The van der Waals surface area contributed by atoms with Gasteiger partial charge in [-0.15, -0.1) is 0 Å². The molecule has 0 aliphatic carbocycles. The van der Waals surface area contributed by atoms with Crippen molar-refractivity contribution in [2.24, 2.45) is 0 Å². The van der Waals surface area contributed by atoms with Gasteiger partial charge in [-0.05, 0) is 31.0 Å². The van der Waals surface area contributed by atoms with Crippen molar-refractivity contribution in [3.63, 3.8) is 0 Å². The summed E-state index contributed by atoms with van der Waals surface area (Å²) in [6.45, 7) is 7.26. The van der Waals surface area contributed by atoms with Crippen LogP contribution < -0.4 is 15.0 Å². The van der Waals surface area contributed by atoms with Gasteiger partial charge in [0.05, 0.1) is 19.8 Å². The molecule has 0 unspecified atom stereocenters. The zero-order chi connectivity index (χ0) is 21.3. The average Bonchev–Trinajstić information content (AvgIpc) is 3.07. The number of hydrogen-bond acceptors (Lipinski definition) is 6. The normalized spacial score (nSPS) is 15.9. The molecule has 7 nitrogen and oxygen atoms in total. The minimum absolute atomic E-state index is 0.148. The Morgan fingerprint density at radius 2 is 2.00 bits per heavy atom. The van der Waals surface area contributed by atoms with Gasteiger partial charge < -0.3 is 18.8 Å². The van der Waals surface area contributed by atoms with Gasteiger partial charge in [0.1, 0.15) is 17.1 Å². The van der Waals surface area contributed by atoms with Crippen LogP contribution in [0.2, 0.25) is 0 Å². The van der Waals surface area contributed by atoms with Gasteiger partial charge in [-0.3, -0.25) is 9.69 Å². The summed E-state index contributed by atoms with van der Waals surface area (Å²) in [5.74, 6) is 0.815. The van der Waals surface area contributed by atoms with Crippen molar-refractivity contribution in [2.45, 2.75) is 45.9 Å². The largest absolute Gasteiger partial charge is 0.493 e. The van der Waals surface area contributed by atoms with Crippen LogP contribution in [0, 0.1) is 0 Å². The van der Waals surface area contributed by atoms with Crippen LogP contribution >= 0.6 is 0 Å². The number of benzene rings is 1. The number of nitrogens with zero attached hydrogens (tertiary/aromatic N) is 2. The van der Waals surface area contributed by atoms with E-state index < -0.39 is 5.97 Å². The number of carbonyl (C=O) groups is 1. The average molecular weight is 412 g/mol. The van der Waals surface area contributed by atoms with E-state index in [4.69, 9.17) is 14.2 Å². The van der Waals surface area contributed by atoms with E-state index in [2.05, 4.69) is 17.0 Å². The number of aromatic nitrogens is 1. The van der Waals surface area contributed by atoms with Gasteiger partial charge >= 0.3 is 5.97 Å². The maximum atomic E-state index is 12.8. The molecule has 0 saturated heterocycles. The lowest BCUT2D eigenvalue weighted by Crippen LogP contribution is -2.29. The monoisotopic (exact) mass is 412 g/mol. The van der Waals surface area contributed by atoms with Crippen LogP contribution in [0.3, 0.4) is 0 Å². The minimum atomic E-state index is -0.471. The summed E-state index contributed by atoms with van der Waals surface area (Å²) in [7, 11) is 1.35. The Morgan fingerprint density at radius 3 is 2.77 bits per heavy atom. The molecule has 30 heavy (non-hydrogen) atoms. The van der Waals surface area contributed by atoms with E-state index in [9.17, 15) is 9.59 Å². The molecule has 2 aliphatic rings. The Hall–Kier alpha value is -2.80. The first-order valence-corrected chi connectivity index (χ1v) is 10.4. The first-order chi connectivity index (χ1) is 14.5. The van der Waals surface area contributed by atoms with Crippen molar-refractivity contribution in [3.05, 3.63) is 57.0 Å². The number of methoxy groups -OCH3 is 1. The zero-order valence-electron chi connectivity index (χ0n) is 17.8. The molecule has 0 atom stereocenters. The molecule has 160 valence electrons. The van der Waals surface area contributed by atoms with Crippen molar-refractivity contribution in [2.75, 3.05) is 26.8 Å². The topological polar surface area (TPSA) is 70.0 Å². The van der Waals surface area contributed by atoms with Crippen LogP contribution in [0.1, 0.15) is 41.0 Å².